The van der Waals surface area contributed by atoms with Gasteiger partial charge >= 0.3 is 6.09 Å². The summed E-state index contributed by atoms with van der Waals surface area (Å²) in [5.41, 5.74) is 1.69. The second-order valence-electron chi connectivity index (χ2n) is 7.31. The zero-order valence-electron chi connectivity index (χ0n) is 16.2. The van der Waals surface area contributed by atoms with Gasteiger partial charge in [0.05, 0.1) is 18.7 Å². The second-order valence-corrected chi connectivity index (χ2v) is 8.79. The van der Waals surface area contributed by atoms with E-state index in [-0.39, 0.29) is 24.1 Å². The average molecular weight is 435 g/mol. The zero-order valence-corrected chi connectivity index (χ0v) is 17.7. The van der Waals surface area contributed by atoms with E-state index in [0.717, 1.165) is 19.3 Å². The first-order valence-electron chi connectivity index (χ1n) is 9.67. The third kappa shape index (κ3) is 4.07. The molecule has 3 heterocycles. The highest BCUT2D eigenvalue weighted by Gasteiger charge is 2.40. The Morgan fingerprint density at radius 1 is 1.28 bits per heavy atom. The smallest absolute Gasteiger partial charge is 0.410 e. The summed E-state index contributed by atoms with van der Waals surface area (Å²) in [6.45, 7) is 1.58. The third-order valence-electron chi connectivity index (χ3n) is 5.60. The summed E-state index contributed by atoms with van der Waals surface area (Å²) < 4.78 is 11.1. The summed E-state index contributed by atoms with van der Waals surface area (Å²) in [7, 11) is 1.52. The molecule has 0 N–H and O–H groups in total. The summed E-state index contributed by atoms with van der Waals surface area (Å²) in [6.07, 6.45) is 1.98. The summed E-state index contributed by atoms with van der Waals surface area (Å²) in [5, 5.41) is 1.74. The monoisotopic (exact) mass is 434 g/mol. The third-order valence-corrected chi connectivity index (χ3v) is 6.79. The summed E-state index contributed by atoms with van der Waals surface area (Å²) in [4.78, 5) is 29.0. The number of cyclic esters (lactones) is 1. The lowest BCUT2D eigenvalue weighted by Crippen LogP contribution is -2.50. The number of hydrogen-bond acceptors (Lipinski definition) is 5. The average Bonchev–Trinajstić information content (AvgIpc) is 3.30. The molecule has 6 nitrogen and oxygen atoms in total. The molecule has 0 spiro atoms. The summed E-state index contributed by atoms with van der Waals surface area (Å²) in [6, 6.07) is 10.3. The molecule has 2 aliphatic rings. The quantitative estimate of drug-likeness (QED) is 0.711. The van der Waals surface area contributed by atoms with Crippen LogP contribution in [-0.2, 0) is 11.2 Å². The highest BCUT2D eigenvalue weighted by atomic mass is 35.5. The van der Waals surface area contributed by atoms with Crippen molar-refractivity contribution in [3.8, 4) is 5.75 Å². The lowest BCUT2D eigenvalue weighted by molar-refractivity contribution is 0.0634. The van der Waals surface area contributed by atoms with Crippen LogP contribution in [0.2, 0.25) is 4.34 Å². The largest absolute Gasteiger partial charge is 0.493 e. The maximum Gasteiger partial charge on any atom is 0.410 e. The lowest BCUT2D eigenvalue weighted by atomic mass is 9.99. The van der Waals surface area contributed by atoms with Crippen LogP contribution in [0.3, 0.4) is 0 Å². The number of thiophene rings is 1. The normalized spacial score (nSPS) is 20.1. The van der Waals surface area contributed by atoms with E-state index >= 15 is 0 Å². The van der Waals surface area contributed by atoms with E-state index in [4.69, 9.17) is 21.1 Å². The van der Waals surface area contributed by atoms with E-state index in [1.54, 1.807) is 5.38 Å². The minimum absolute atomic E-state index is 0.0351. The van der Waals surface area contributed by atoms with E-state index in [1.165, 1.54) is 24.0 Å². The van der Waals surface area contributed by atoms with Crippen molar-refractivity contribution in [1.82, 2.24) is 9.80 Å². The number of halogens is 1. The van der Waals surface area contributed by atoms with Crippen LogP contribution in [0.25, 0.3) is 0 Å². The minimum Gasteiger partial charge on any atom is -0.493 e. The Morgan fingerprint density at radius 2 is 2.00 bits per heavy atom. The van der Waals surface area contributed by atoms with Gasteiger partial charge in [0.15, 0.2) is 5.75 Å². The van der Waals surface area contributed by atoms with Crippen LogP contribution < -0.4 is 4.74 Å². The van der Waals surface area contributed by atoms with Gasteiger partial charge in [-0.15, -0.1) is 11.3 Å². The van der Waals surface area contributed by atoms with Crippen molar-refractivity contribution >= 4 is 34.9 Å². The van der Waals surface area contributed by atoms with Crippen LogP contribution in [0.5, 0.6) is 5.75 Å². The van der Waals surface area contributed by atoms with Crippen LogP contribution in [0.15, 0.2) is 35.7 Å². The number of amides is 2. The molecule has 2 aromatic rings. The number of likely N-dealkylation sites (tertiary alicyclic amines) is 1. The van der Waals surface area contributed by atoms with E-state index in [2.05, 4.69) is 12.1 Å². The van der Waals surface area contributed by atoms with E-state index in [9.17, 15) is 9.59 Å². The molecule has 2 fully saturated rings. The molecule has 2 saturated heterocycles. The zero-order chi connectivity index (χ0) is 20.4. The van der Waals surface area contributed by atoms with Crippen molar-refractivity contribution in [1.29, 1.82) is 0 Å². The standard InChI is InChI=1S/C21H23ClN2O4S/c1-27-18-17(13-29-19(18)22)20(25)23-9-7-15(8-10-23)24-16(12-28-21(24)26)11-14-5-3-2-4-6-14/h2-6,13,15-16H,7-12H2,1H3. The molecule has 1 aromatic carbocycles. The first-order chi connectivity index (χ1) is 14.1. The fraction of sp³-hybridized carbons (Fsp3) is 0.429. The highest BCUT2D eigenvalue weighted by Crippen LogP contribution is 2.36. The molecule has 0 radical (unpaired) electrons. The van der Waals surface area contributed by atoms with Gasteiger partial charge in [0.2, 0.25) is 0 Å². The number of methoxy groups -OCH3 is 1. The predicted molar refractivity (Wildman–Crippen MR) is 112 cm³/mol. The van der Waals surface area contributed by atoms with E-state index in [0.29, 0.717) is 35.3 Å². The predicted octanol–water partition coefficient (Wildman–Crippen LogP) is 4.08. The molecular formula is C21H23ClN2O4S. The molecule has 1 aromatic heterocycles. The maximum absolute atomic E-state index is 12.9. The molecule has 154 valence electrons. The number of benzene rings is 1. The van der Waals surface area contributed by atoms with Gasteiger partial charge in [0.25, 0.3) is 5.91 Å². The van der Waals surface area contributed by atoms with Crippen molar-refractivity contribution in [2.24, 2.45) is 0 Å². The topological polar surface area (TPSA) is 59.1 Å². The van der Waals surface area contributed by atoms with E-state index in [1.807, 2.05) is 28.0 Å². The Morgan fingerprint density at radius 3 is 2.69 bits per heavy atom. The highest BCUT2D eigenvalue weighted by molar-refractivity contribution is 7.15. The van der Waals surface area contributed by atoms with Crippen LogP contribution in [0.1, 0.15) is 28.8 Å². The van der Waals surface area contributed by atoms with Gasteiger partial charge in [-0.3, -0.25) is 9.69 Å². The number of nitrogens with zero attached hydrogens (tertiary/aromatic N) is 2. The summed E-state index contributed by atoms with van der Waals surface area (Å²) in [5.74, 6) is 0.364. The number of ether oxygens (including phenoxy) is 2. The molecule has 2 aliphatic heterocycles. The molecule has 0 bridgehead atoms. The van der Waals surface area contributed by atoms with Crippen LogP contribution in [-0.4, -0.2) is 60.7 Å². The van der Waals surface area contributed by atoms with Crippen LogP contribution >= 0.6 is 22.9 Å². The van der Waals surface area contributed by atoms with Gasteiger partial charge in [-0.2, -0.15) is 0 Å². The molecule has 4 rings (SSSR count). The Balaban J connectivity index is 1.40. The number of carbonyl (C=O) groups is 2. The Kier molecular flexibility index (Phi) is 5.96. The van der Waals surface area contributed by atoms with Crippen molar-refractivity contribution in [2.45, 2.75) is 31.3 Å². The number of piperidine rings is 1. The fourth-order valence-corrected chi connectivity index (χ4v) is 5.18. The van der Waals surface area contributed by atoms with Crippen molar-refractivity contribution in [3.05, 3.63) is 51.2 Å². The van der Waals surface area contributed by atoms with Gasteiger partial charge < -0.3 is 14.4 Å². The second kappa shape index (κ2) is 8.63. The first-order valence-corrected chi connectivity index (χ1v) is 10.9. The molecule has 29 heavy (non-hydrogen) atoms. The molecular weight excluding hydrogens is 412 g/mol. The Labute approximate surface area is 179 Å². The summed E-state index contributed by atoms with van der Waals surface area (Å²) >= 11 is 7.39. The maximum atomic E-state index is 12.9. The molecule has 0 saturated carbocycles. The van der Waals surface area contributed by atoms with Gasteiger partial charge in [-0.25, -0.2) is 4.79 Å². The number of hydrogen-bond donors (Lipinski definition) is 0. The van der Waals surface area contributed by atoms with Crippen molar-refractivity contribution < 1.29 is 19.1 Å². The SMILES string of the molecule is COc1c(C(=O)N2CCC(N3C(=O)OCC3Cc3ccccc3)CC2)csc1Cl. The van der Waals surface area contributed by atoms with Gasteiger partial charge in [0.1, 0.15) is 10.9 Å². The fourth-order valence-electron chi connectivity index (χ4n) is 4.14. The lowest BCUT2D eigenvalue weighted by Gasteiger charge is -2.38. The molecule has 1 unspecified atom stereocenters. The minimum atomic E-state index is -0.248. The molecule has 0 aliphatic carbocycles. The van der Waals surface area contributed by atoms with Crippen molar-refractivity contribution in [2.75, 3.05) is 26.8 Å². The van der Waals surface area contributed by atoms with Gasteiger partial charge in [-0.05, 0) is 24.8 Å². The molecule has 1 atom stereocenters. The number of carbonyl (C=O) groups excluding carboxylic acids is 2. The number of rotatable bonds is 5. The molecule has 2 amide bonds. The van der Waals surface area contributed by atoms with Crippen LogP contribution in [0.4, 0.5) is 4.79 Å². The van der Waals surface area contributed by atoms with Crippen molar-refractivity contribution in [3.63, 3.8) is 0 Å². The Hall–Kier alpha value is -2.25. The van der Waals surface area contributed by atoms with Gasteiger partial charge in [0, 0.05) is 24.5 Å². The van der Waals surface area contributed by atoms with Crippen LogP contribution in [0, 0.1) is 0 Å². The molecule has 8 heteroatoms. The van der Waals surface area contributed by atoms with Gasteiger partial charge in [-0.1, -0.05) is 41.9 Å². The Bertz CT molecular complexity index is 880. The first kappa shape index (κ1) is 20.0. The van der Waals surface area contributed by atoms with E-state index < -0.39 is 0 Å².